The van der Waals surface area contributed by atoms with Crippen molar-refractivity contribution in [3.8, 4) is 11.4 Å². The summed E-state index contributed by atoms with van der Waals surface area (Å²) < 4.78 is 7.31. The van der Waals surface area contributed by atoms with Gasteiger partial charge in [0.05, 0.1) is 36.9 Å². The highest BCUT2D eigenvalue weighted by atomic mass is 16.5. The Morgan fingerprint density at radius 1 is 1.16 bits per heavy atom. The molecule has 2 unspecified atom stereocenters. The average molecular weight is 343 g/mol. The van der Waals surface area contributed by atoms with E-state index in [4.69, 9.17) is 4.74 Å². The molecule has 2 N–H and O–H groups in total. The van der Waals surface area contributed by atoms with E-state index in [0.717, 1.165) is 57.1 Å². The Morgan fingerprint density at radius 2 is 1.92 bits per heavy atom. The van der Waals surface area contributed by atoms with Gasteiger partial charge in [0.15, 0.2) is 0 Å². The number of phenols is 1. The predicted molar refractivity (Wildman–Crippen MR) is 94.2 cm³/mol. The fourth-order valence-electron chi connectivity index (χ4n) is 3.95. The minimum absolute atomic E-state index is 0.244. The van der Waals surface area contributed by atoms with Crippen LogP contribution >= 0.6 is 0 Å². The predicted octanol–water partition coefficient (Wildman–Crippen LogP) is 1.69. The molecule has 2 aromatic rings. The number of ether oxygens (including phenoxy) is 1. The molecule has 0 spiro atoms. The number of aliphatic hydroxyl groups is 1. The molecular formula is C19H25N3O3. The van der Waals surface area contributed by atoms with Gasteiger partial charge >= 0.3 is 0 Å². The number of aromatic nitrogens is 2. The van der Waals surface area contributed by atoms with Gasteiger partial charge in [0.25, 0.3) is 0 Å². The first-order valence-electron chi connectivity index (χ1n) is 9.05. The second-order valence-electron chi connectivity index (χ2n) is 7.01. The van der Waals surface area contributed by atoms with Crippen LogP contribution < -0.4 is 0 Å². The summed E-state index contributed by atoms with van der Waals surface area (Å²) in [6.07, 6.45) is 4.10. The van der Waals surface area contributed by atoms with E-state index in [1.165, 1.54) is 5.56 Å². The van der Waals surface area contributed by atoms with Crippen LogP contribution in [0.15, 0.2) is 30.5 Å². The van der Waals surface area contributed by atoms with Crippen molar-refractivity contribution in [2.24, 2.45) is 0 Å². The zero-order valence-electron chi connectivity index (χ0n) is 14.3. The molecule has 1 fully saturated rings. The number of phenolic OH excluding ortho intramolecular Hbond substituents is 1. The van der Waals surface area contributed by atoms with Crippen molar-refractivity contribution in [1.29, 1.82) is 0 Å². The largest absolute Gasteiger partial charge is 0.508 e. The zero-order chi connectivity index (χ0) is 17.2. The second-order valence-corrected chi connectivity index (χ2v) is 7.01. The maximum Gasteiger partial charge on any atom is 0.115 e. The monoisotopic (exact) mass is 343 g/mol. The third-order valence-electron chi connectivity index (χ3n) is 5.32. The fourth-order valence-corrected chi connectivity index (χ4v) is 3.95. The van der Waals surface area contributed by atoms with Crippen molar-refractivity contribution in [3.63, 3.8) is 0 Å². The Morgan fingerprint density at radius 3 is 2.68 bits per heavy atom. The highest BCUT2D eigenvalue weighted by Crippen LogP contribution is 2.35. The van der Waals surface area contributed by atoms with E-state index < -0.39 is 0 Å². The zero-order valence-corrected chi connectivity index (χ0v) is 14.3. The summed E-state index contributed by atoms with van der Waals surface area (Å²) in [6.45, 7) is 4.66. The van der Waals surface area contributed by atoms with Crippen LogP contribution in [0.5, 0.6) is 5.75 Å². The Labute approximate surface area is 147 Å². The van der Waals surface area contributed by atoms with Crippen molar-refractivity contribution < 1.29 is 14.9 Å². The highest BCUT2D eigenvalue weighted by Gasteiger charge is 2.30. The molecule has 1 aromatic heterocycles. The molecule has 0 radical (unpaired) electrons. The molecular weight excluding hydrogens is 318 g/mol. The van der Waals surface area contributed by atoms with Gasteiger partial charge in [-0.25, -0.2) is 4.68 Å². The molecule has 1 aliphatic carbocycles. The molecule has 2 atom stereocenters. The lowest BCUT2D eigenvalue weighted by Gasteiger charge is -2.31. The molecule has 0 amide bonds. The number of hydrogen-bond acceptors (Lipinski definition) is 5. The SMILES string of the molecule is Oc1ccc(-n2ncc3c2CC(O)CC3CCN2CCOCC2)cc1. The summed E-state index contributed by atoms with van der Waals surface area (Å²) >= 11 is 0. The van der Waals surface area contributed by atoms with Gasteiger partial charge in [-0.15, -0.1) is 0 Å². The van der Waals surface area contributed by atoms with Crippen LogP contribution in [0.25, 0.3) is 5.69 Å². The van der Waals surface area contributed by atoms with Crippen LogP contribution in [0.4, 0.5) is 0 Å². The van der Waals surface area contributed by atoms with Gasteiger partial charge in [0.2, 0.25) is 0 Å². The number of morpholine rings is 1. The molecule has 2 heterocycles. The lowest BCUT2D eigenvalue weighted by Crippen LogP contribution is -2.37. The van der Waals surface area contributed by atoms with Crippen molar-refractivity contribution in [2.75, 3.05) is 32.8 Å². The summed E-state index contributed by atoms with van der Waals surface area (Å²) in [5.41, 5.74) is 3.27. The number of fused-ring (bicyclic) bond motifs is 1. The molecule has 4 rings (SSSR count). The summed E-state index contributed by atoms with van der Waals surface area (Å²) in [6, 6.07) is 7.04. The first kappa shape index (κ1) is 16.6. The molecule has 0 saturated carbocycles. The van der Waals surface area contributed by atoms with Gasteiger partial charge < -0.3 is 14.9 Å². The summed E-state index contributed by atoms with van der Waals surface area (Å²) in [4.78, 5) is 2.44. The standard InChI is InChI=1S/C19H25N3O3/c23-16-3-1-15(2-4-16)22-19-12-17(24)11-14(18(19)13-20-22)5-6-21-7-9-25-10-8-21/h1-4,13-14,17,23-24H,5-12H2. The molecule has 1 aliphatic heterocycles. The van der Waals surface area contributed by atoms with Gasteiger partial charge in [-0.1, -0.05) is 0 Å². The number of aromatic hydroxyl groups is 1. The minimum Gasteiger partial charge on any atom is -0.508 e. The lowest BCUT2D eigenvalue weighted by atomic mass is 9.83. The van der Waals surface area contributed by atoms with E-state index >= 15 is 0 Å². The van der Waals surface area contributed by atoms with Gasteiger partial charge in [-0.3, -0.25) is 4.90 Å². The molecule has 134 valence electrons. The van der Waals surface area contributed by atoms with Crippen LogP contribution in [0, 0.1) is 0 Å². The van der Waals surface area contributed by atoms with Gasteiger partial charge in [-0.05, 0) is 55.1 Å². The first-order chi connectivity index (χ1) is 12.2. The molecule has 6 nitrogen and oxygen atoms in total. The van der Waals surface area contributed by atoms with Gasteiger partial charge in [0.1, 0.15) is 5.75 Å². The smallest absolute Gasteiger partial charge is 0.115 e. The topological polar surface area (TPSA) is 70.8 Å². The number of nitrogens with zero attached hydrogens (tertiary/aromatic N) is 3. The number of aliphatic hydroxyl groups excluding tert-OH is 1. The van der Waals surface area contributed by atoms with Crippen molar-refractivity contribution in [1.82, 2.24) is 14.7 Å². The van der Waals surface area contributed by atoms with Crippen LogP contribution in [0.3, 0.4) is 0 Å². The van der Waals surface area contributed by atoms with E-state index in [1.54, 1.807) is 12.1 Å². The normalized spacial score (nSPS) is 24.2. The van der Waals surface area contributed by atoms with E-state index in [0.29, 0.717) is 12.3 Å². The van der Waals surface area contributed by atoms with Gasteiger partial charge in [0, 0.05) is 19.5 Å². The maximum absolute atomic E-state index is 10.4. The maximum atomic E-state index is 10.4. The Balaban J connectivity index is 1.53. The van der Waals surface area contributed by atoms with E-state index in [1.807, 2.05) is 23.0 Å². The second kappa shape index (κ2) is 7.15. The molecule has 1 saturated heterocycles. The van der Waals surface area contributed by atoms with Crippen molar-refractivity contribution in [3.05, 3.63) is 41.7 Å². The Bertz CT molecular complexity index is 707. The molecule has 0 bridgehead atoms. The van der Waals surface area contributed by atoms with E-state index in [9.17, 15) is 10.2 Å². The first-order valence-corrected chi connectivity index (χ1v) is 9.05. The third kappa shape index (κ3) is 3.56. The minimum atomic E-state index is -0.324. The number of hydrogen-bond donors (Lipinski definition) is 2. The lowest BCUT2D eigenvalue weighted by molar-refractivity contribution is 0.0353. The van der Waals surface area contributed by atoms with Gasteiger partial charge in [-0.2, -0.15) is 5.10 Å². The summed E-state index contributed by atoms with van der Waals surface area (Å²) in [7, 11) is 0. The van der Waals surface area contributed by atoms with E-state index in [2.05, 4.69) is 10.00 Å². The van der Waals surface area contributed by atoms with Crippen molar-refractivity contribution in [2.45, 2.75) is 31.3 Å². The van der Waals surface area contributed by atoms with Crippen LogP contribution in [0.1, 0.15) is 30.0 Å². The summed E-state index contributed by atoms with van der Waals surface area (Å²) in [5, 5.41) is 24.4. The van der Waals surface area contributed by atoms with Crippen molar-refractivity contribution >= 4 is 0 Å². The molecule has 6 heteroatoms. The van der Waals surface area contributed by atoms with Crippen LogP contribution in [-0.2, 0) is 11.2 Å². The van der Waals surface area contributed by atoms with Crippen LogP contribution in [0.2, 0.25) is 0 Å². The average Bonchev–Trinajstić information content (AvgIpc) is 3.05. The number of benzene rings is 1. The molecule has 1 aromatic carbocycles. The highest BCUT2D eigenvalue weighted by molar-refractivity contribution is 5.40. The van der Waals surface area contributed by atoms with Crippen LogP contribution in [-0.4, -0.2) is 63.8 Å². The Kier molecular flexibility index (Phi) is 4.74. The quantitative estimate of drug-likeness (QED) is 0.884. The fraction of sp³-hybridized carbons (Fsp3) is 0.526. The molecule has 25 heavy (non-hydrogen) atoms. The Hall–Kier alpha value is -1.89. The third-order valence-corrected chi connectivity index (χ3v) is 5.32. The van der Waals surface area contributed by atoms with E-state index in [-0.39, 0.29) is 11.9 Å². The molecule has 2 aliphatic rings. The summed E-state index contributed by atoms with van der Waals surface area (Å²) in [5.74, 6) is 0.584. The number of rotatable bonds is 4.